The highest BCUT2D eigenvalue weighted by Gasteiger charge is 2.17. The molecular formula is C40H25N3O2S. The van der Waals surface area contributed by atoms with Crippen LogP contribution in [-0.4, -0.2) is 9.97 Å². The molecule has 0 spiro atoms. The third-order valence-corrected chi connectivity index (χ3v) is 9.37. The Balaban J connectivity index is 1.12. The first-order chi connectivity index (χ1) is 22.7. The van der Waals surface area contributed by atoms with Gasteiger partial charge in [0.25, 0.3) is 0 Å². The van der Waals surface area contributed by atoms with Crippen molar-refractivity contribution in [3.8, 4) is 33.2 Å². The largest absolute Gasteiger partial charge is 0.456 e. The summed E-state index contributed by atoms with van der Waals surface area (Å²) in [5.41, 5.74) is 8.69. The molecule has 4 aromatic heterocycles. The molecule has 46 heavy (non-hydrogen) atoms. The van der Waals surface area contributed by atoms with Gasteiger partial charge in [0, 0.05) is 60.9 Å². The molecule has 0 unspecified atom stereocenters. The summed E-state index contributed by atoms with van der Waals surface area (Å²) >= 11 is 1.78. The molecule has 0 aliphatic rings. The maximum atomic E-state index is 6.24. The number of benzene rings is 5. The first kappa shape index (κ1) is 26.4. The van der Waals surface area contributed by atoms with Crippen LogP contribution >= 0.6 is 11.3 Å². The molecule has 4 heterocycles. The molecule has 0 aliphatic heterocycles. The molecule has 6 heteroatoms. The number of hydrogen-bond acceptors (Lipinski definition) is 6. The zero-order chi connectivity index (χ0) is 30.5. The molecule has 0 N–H and O–H groups in total. The van der Waals surface area contributed by atoms with Gasteiger partial charge in [0.2, 0.25) is 5.89 Å². The Hall–Kier alpha value is -5.98. The Kier molecular flexibility index (Phi) is 6.25. The van der Waals surface area contributed by atoms with Crippen LogP contribution < -0.4 is 4.90 Å². The van der Waals surface area contributed by atoms with E-state index in [0.717, 1.165) is 61.4 Å². The topological polar surface area (TPSA) is 55.3 Å². The molecule has 0 fully saturated rings. The quantitative estimate of drug-likeness (QED) is 0.187. The Morgan fingerprint density at radius 1 is 0.543 bits per heavy atom. The lowest BCUT2D eigenvalue weighted by Crippen LogP contribution is -2.10. The minimum Gasteiger partial charge on any atom is -0.456 e. The third-order valence-electron chi connectivity index (χ3n) is 8.21. The molecule has 0 saturated carbocycles. The second-order valence-electron chi connectivity index (χ2n) is 11.1. The van der Waals surface area contributed by atoms with Gasteiger partial charge in [-0.15, -0.1) is 11.3 Å². The van der Waals surface area contributed by atoms with Gasteiger partial charge in [-0.1, -0.05) is 54.6 Å². The molecule has 5 aromatic carbocycles. The van der Waals surface area contributed by atoms with Crippen molar-refractivity contribution >= 4 is 60.6 Å². The zero-order valence-electron chi connectivity index (χ0n) is 24.5. The fraction of sp³-hybridized carbons (Fsp3) is 0. The molecular weight excluding hydrogens is 587 g/mol. The predicted octanol–water partition coefficient (Wildman–Crippen LogP) is 11.7. The lowest BCUT2D eigenvalue weighted by Gasteiger charge is -2.26. The fourth-order valence-corrected chi connectivity index (χ4v) is 6.95. The summed E-state index contributed by atoms with van der Waals surface area (Å²) in [7, 11) is 0. The maximum absolute atomic E-state index is 6.24. The summed E-state index contributed by atoms with van der Waals surface area (Å²) < 4.78 is 13.5. The highest BCUT2D eigenvalue weighted by Crippen LogP contribution is 2.40. The van der Waals surface area contributed by atoms with Gasteiger partial charge in [-0.05, 0) is 90.5 Å². The Morgan fingerprint density at radius 2 is 1.30 bits per heavy atom. The van der Waals surface area contributed by atoms with Crippen molar-refractivity contribution in [2.24, 2.45) is 0 Å². The van der Waals surface area contributed by atoms with Crippen molar-refractivity contribution in [2.75, 3.05) is 4.90 Å². The van der Waals surface area contributed by atoms with Crippen LogP contribution in [0.4, 0.5) is 17.1 Å². The van der Waals surface area contributed by atoms with E-state index in [0.29, 0.717) is 5.89 Å². The summed E-state index contributed by atoms with van der Waals surface area (Å²) in [4.78, 5) is 12.5. The smallest absolute Gasteiger partial charge is 0.227 e. The van der Waals surface area contributed by atoms with Gasteiger partial charge in [0.15, 0.2) is 5.58 Å². The molecule has 0 saturated heterocycles. The second-order valence-corrected chi connectivity index (χ2v) is 12.2. The molecule has 0 amide bonds. The van der Waals surface area contributed by atoms with Gasteiger partial charge in [-0.3, -0.25) is 4.98 Å². The van der Waals surface area contributed by atoms with Gasteiger partial charge in [0.05, 0.1) is 0 Å². The van der Waals surface area contributed by atoms with Crippen LogP contribution in [0.15, 0.2) is 161 Å². The first-order valence-electron chi connectivity index (χ1n) is 15.0. The van der Waals surface area contributed by atoms with E-state index in [2.05, 4.69) is 107 Å². The number of oxazole rings is 1. The number of rotatable bonds is 6. The second kappa shape index (κ2) is 10.9. The molecule has 9 rings (SSSR count). The maximum Gasteiger partial charge on any atom is 0.227 e. The molecule has 0 aliphatic carbocycles. The van der Waals surface area contributed by atoms with Crippen LogP contribution in [0, 0.1) is 0 Å². The van der Waals surface area contributed by atoms with Crippen LogP contribution in [0.5, 0.6) is 0 Å². The van der Waals surface area contributed by atoms with Crippen molar-refractivity contribution in [1.29, 1.82) is 0 Å². The number of nitrogens with zero attached hydrogens (tertiary/aromatic N) is 3. The van der Waals surface area contributed by atoms with Gasteiger partial charge >= 0.3 is 0 Å². The third kappa shape index (κ3) is 4.72. The molecule has 0 bridgehead atoms. The summed E-state index contributed by atoms with van der Waals surface area (Å²) in [5, 5.41) is 2.25. The SMILES string of the molecule is c1cc(-c2cc3ccccc3o2)cc(N(c2ccc(-c3nc4ccccc4o3)cc2)c2ccc(-c3cc4cnccc4s3)cc2)c1. The van der Waals surface area contributed by atoms with Gasteiger partial charge < -0.3 is 13.7 Å². The Bertz CT molecular complexity index is 2270. The van der Waals surface area contributed by atoms with Crippen LogP contribution in [0.2, 0.25) is 0 Å². The highest BCUT2D eigenvalue weighted by molar-refractivity contribution is 7.22. The number of aromatic nitrogens is 2. The molecule has 9 aromatic rings. The summed E-state index contributed by atoms with van der Waals surface area (Å²) in [6.45, 7) is 0. The van der Waals surface area contributed by atoms with Crippen LogP contribution in [0.25, 0.3) is 65.4 Å². The Labute approximate surface area is 268 Å². The molecule has 5 nitrogen and oxygen atoms in total. The zero-order valence-corrected chi connectivity index (χ0v) is 25.3. The summed E-state index contributed by atoms with van der Waals surface area (Å²) in [6.07, 6.45) is 3.77. The van der Waals surface area contributed by atoms with E-state index in [1.165, 1.54) is 15.1 Å². The number of hydrogen-bond donors (Lipinski definition) is 0. The van der Waals surface area contributed by atoms with Crippen molar-refractivity contribution in [2.45, 2.75) is 0 Å². The number of thiophene rings is 1. The number of fused-ring (bicyclic) bond motifs is 3. The van der Waals surface area contributed by atoms with Crippen LogP contribution in [0.3, 0.4) is 0 Å². The normalized spacial score (nSPS) is 11.5. The van der Waals surface area contributed by atoms with Crippen molar-refractivity contribution < 1.29 is 8.83 Å². The Morgan fingerprint density at radius 3 is 2.09 bits per heavy atom. The van der Waals surface area contributed by atoms with Crippen LogP contribution in [0.1, 0.15) is 0 Å². The van der Waals surface area contributed by atoms with E-state index in [4.69, 9.17) is 13.8 Å². The van der Waals surface area contributed by atoms with Gasteiger partial charge in [-0.25, -0.2) is 4.98 Å². The van der Waals surface area contributed by atoms with Gasteiger partial charge in [-0.2, -0.15) is 0 Å². The molecule has 0 radical (unpaired) electrons. The average molecular weight is 612 g/mol. The van der Waals surface area contributed by atoms with Crippen molar-refractivity contribution in [1.82, 2.24) is 9.97 Å². The number of para-hydroxylation sites is 3. The standard InChI is InChI=1S/C40H25N3O2S/c1-3-10-35-29(6-1)23-37(44-35)28-7-5-8-33(22-28)43(31-16-12-26(13-17-31)39-24-30-25-41-21-20-38(30)46-39)32-18-14-27(15-19-32)40-42-34-9-2-4-11-36(34)45-40/h1-25H. The molecule has 218 valence electrons. The fourth-order valence-electron chi connectivity index (χ4n) is 5.92. The van der Waals surface area contributed by atoms with Crippen LogP contribution in [-0.2, 0) is 0 Å². The minimum atomic E-state index is 0.606. The number of furan rings is 1. The first-order valence-corrected chi connectivity index (χ1v) is 15.9. The van der Waals surface area contributed by atoms with E-state index in [1.807, 2.05) is 54.9 Å². The molecule has 0 atom stereocenters. The van der Waals surface area contributed by atoms with Gasteiger partial charge in [0.1, 0.15) is 16.9 Å². The van der Waals surface area contributed by atoms with E-state index >= 15 is 0 Å². The van der Waals surface area contributed by atoms with Crippen molar-refractivity contribution in [3.63, 3.8) is 0 Å². The average Bonchev–Trinajstić information content (AvgIpc) is 3.86. The highest BCUT2D eigenvalue weighted by atomic mass is 32.1. The van der Waals surface area contributed by atoms with Crippen molar-refractivity contribution in [3.05, 3.63) is 152 Å². The lowest BCUT2D eigenvalue weighted by molar-refractivity contribution is 0.620. The number of pyridine rings is 1. The van der Waals surface area contributed by atoms with E-state index < -0.39 is 0 Å². The lowest BCUT2D eigenvalue weighted by atomic mass is 10.1. The van der Waals surface area contributed by atoms with E-state index in [-0.39, 0.29) is 0 Å². The van der Waals surface area contributed by atoms with E-state index in [1.54, 1.807) is 11.3 Å². The monoisotopic (exact) mass is 611 g/mol. The minimum absolute atomic E-state index is 0.606. The summed E-state index contributed by atoms with van der Waals surface area (Å²) in [5.74, 6) is 1.44. The predicted molar refractivity (Wildman–Crippen MR) is 188 cm³/mol. The number of anilines is 3. The summed E-state index contributed by atoms with van der Waals surface area (Å²) in [6, 6.07) is 47.9. The van der Waals surface area contributed by atoms with E-state index in [9.17, 15) is 0 Å².